The van der Waals surface area contributed by atoms with Crippen LogP contribution in [0.5, 0.6) is 0 Å². The van der Waals surface area contributed by atoms with Crippen molar-refractivity contribution in [3.8, 4) is 0 Å². The third-order valence-corrected chi connectivity index (χ3v) is 5.83. The highest BCUT2D eigenvalue weighted by molar-refractivity contribution is 7.09. The van der Waals surface area contributed by atoms with E-state index >= 15 is 0 Å². The summed E-state index contributed by atoms with van der Waals surface area (Å²) in [5.74, 6) is -0.0299. The molecule has 0 radical (unpaired) electrons. The summed E-state index contributed by atoms with van der Waals surface area (Å²) < 4.78 is 0. The van der Waals surface area contributed by atoms with Gasteiger partial charge >= 0.3 is 0 Å². The summed E-state index contributed by atoms with van der Waals surface area (Å²) in [7, 11) is 0. The summed E-state index contributed by atoms with van der Waals surface area (Å²) in [6.45, 7) is 8.13. The topological polar surface area (TPSA) is 94.1 Å². The monoisotopic (exact) mass is 377 g/mol. The number of aromatic amines is 1. The zero-order valence-corrected chi connectivity index (χ0v) is 16.4. The van der Waals surface area contributed by atoms with Crippen molar-refractivity contribution in [3.63, 3.8) is 0 Å². The van der Waals surface area contributed by atoms with Crippen LogP contribution in [-0.2, 0) is 17.8 Å². The maximum Gasteiger partial charge on any atom is 0.220 e. The molecule has 0 saturated carbocycles. The second kappa shape index (κ2) is 8.28. The van der Waals surface area contributed by atoms with Gasteiger partial charge in [0, 0.05) is 43.5 Å². The van der Waals surface area contributed by atoms with E-state index in [-0.39, 0.29) is 11.9 Å². The summed E-state index contributed by atoms with van der Waals surface area (Å²) >= 11 is 1.64. The van der Waals surface area contributed by atoms with Crippen LogP contribution in [0.2, 0.25) is 0 Å². The van der Waals surface area contributed by atoms with Gasteiger partial charge in [0.1, 0.15) is 0 Å². The van der Waals surface area contributed by atoms with Crippen molar-refractivity contribution in [2.75, 3.05) is 13.1 Å². The molecule has 8 heteroatoms. The van der Waals surface area contributed by atoms with E-state index in [1.165, 1.54) is 0 Å². The second-order valence-electron chi connectivity index (χ2n) is 7.04. The number of aliphatic hydroxyl groups excluding tert-OH is 1. The van der Waals surface area contributed by atoms with Crippen LogP contribution in [0.3, 0.4) is 0 Å². The predicted molar refractivity (Wildman–Crippen MR) is 101 cm³/mol. The number of piperidine rings is 1. The molecule has 2 aromatic rings. The Balaban J connectivity index is 1.44. The highest BCUT2D eigenvalue weighted by atomic mass is 32.1. The van der Waals surface area contributed by atoms with Crippen LogP contribution in [0, 0.1) is 20.8 Å². The summed E-state index contributed by atoms with van der Waals surface area (Å²) in [5, 5.41) is 23.7. The zero-order valence-electron chi connectivity index (χ0n) is 15.6. The molecule has 2 atom stereocenters. The molecule has 3 N–H and O–H groups in total. The number of likely N-dealkylation sites (tertiary alicyclic amines) is 1. The minimum atomic E-state index is -0.554. The van der Waals surface area contributed by atoms with Crippen molar-refractivity contribution in [2.24, 2.45) is 0 Å². The molecule has 142 valence electrons. The van der Waals surface area contributed by atoms with Crippen LogP contribution in [-0.4, -0.2) is 56.3 Å². The van der Waals surface area contributed by atoms with Gasteiger partial charge in [0.25, 0.3) is 0 Å². The summed E-state index contributed by atoms with van der Waals surface area (Å²) in [6, 6.07) is -0.182. The number of hydrogen-bond donors (Lipinski definition) is 3. The quantitative estimate of drug-likeness (QED) is 0.709. The van der Waals surface area contributed by atoms with Gasteiger partial charge in [0.2, 0.25) is 5.91 Å². The standard InChI is InChI=1S/C18H27N5O2S/c1-11-12(2)21-22-15(11)4-5-18(25)20-16-6-7-23(9-17(16)24)8-14-10-26-13(3)19-14/h10,16-17,24H,4-9H2,1-3H3,(H,20,25)(H,21,22)/t16-,17-/m1/s1. The van der Waals surface area contributed by atoms with Crippen molar-refractivity contribution < 1.29 is 9.90 Å². The molecule has 0 spiro atoms. The van der Waals surface area contributed by atoms with Gasteiger partial charge in [0.05, 0.1) is 28.5 Å². The molecule has 3 heterocycles. The molecule has 1 amide bonds. The smallest absolute Gasteiger partial charge is 0.220 e. The fraction of sp³-hybridized carbons (Fsp3) is 0.611. The molecule has 0 bridgehead atoms. The van der Waals surface area contributed by atoms with E-state index in [1.807, 2.05) is 20.8 Å². The first kappa shape index (κ1) is 19.0. The van der Waals surface area contributed by atoms with Crippen LogP contribution in [0.15, 0.2) is 5.38 Å². The molecular weight excluding hydrogens is 350 g/mol. The molecule has 3 rings (SSSR count). The lowest BCUT2D eigenvalue weighted by Gasteiger charge is -2.36. The van der Waals surface area contributed by atoms with E-state index in [1.54, 1.807) is 11.3 Å². The Hall–Kier alpha value is -1.77. The van der Waals surface area contributed by atoms with Crippen LogP contribution in [0.4, 0.5) is 0 Å². The number of nitrogens with zero attached hydrogens (tertiary/aromatic N) is 3. The summed E-state index contributed by atoms with van der Waals surface area (Å²) in [5.41, 5.74) is 4.14. The molecule has 1 aliphatic rings. The molecule has 0 aliphatic carbocycles. The van der Waals surface area contributed by atoms with Crippen molar-refractivity contribution in [1.29, 1.82) is 0 Å². The second-order valence-corrected chi connectivity index (χ2v) is 8.11. The van der Waals surface area contributed by atoms with E-state index in [2.05, 4.69) is 30.8 Å². The number of carbonyl (C=O) groups is 1. The number of carbonyl (C=O) groups excluding carboxylic acids is 1. The van der Waals surface area contributed by atoms with Crippen molar-refractivity contribution in [1.82, 2.24) is 25.4 Å². The predicted octanol–water partition coefficient (Wildman–Crippen LogP) is 1.48. The van der Waals surface area contributed by atoms with Crippen molar-refractivity contribution in [2.45, 2.75) is 58.7 Å². The zero-order chi connectivity index (χ0) is 18.7. The Kier molecular flexibility index (Phi) is 6.05. The Labute approximate surface area is 157 Å². The number of rotatable bonds is 6. The van der Waals surface area contributed by atoms with Crippen LogP contribution >= 0.6 is 11.3 Å². The van der Waals surface area contributed by atoms with E-state index in [4.69, 9.17) is 0 Å². The van der Waals surface area contributed by atoms with Gasteiger partial charge in [-0.25, -0.2) is 4.98 Å². The average Bonchev–Trinajstić information content (AvgIpc) is 3.14. The molecule has 0 aromatic carbocycles. The number of amides is 1. The molecule has 0 unspecified atom stereocenters. The first-order valence-electron chi connectivity index (χ1n) is 9.03. The Morgan fingerprint density at radius 3 is 2.88 bits per heavy atom. The average molecular weight is 378 g/mol. The molecule has 7 nitrogen and oxygen atoms in total. The van der Waals surface area contributed by atoms with Crippen molar-refractivity contribution in [3.05, 3.63) is 33.0 Å². The number of β-amino-alcohol motifs (C(OH)–C–C–N with tert-alkyl or cyclic N) is 1. The fourth-order valence-corrected chi connectivity index (χ4v) is 3.91. The number of nitrogens with one attached hydrogen (secondary N) is 2. The first-order chi connectivity index (χ1) is 12.4. The normalized spacial score (nSPS) is 21.1. The molecule has 2 aromatic heterocycles. The van der Waals surface area contributed by atoms with Gasteiger partial charge in [-0.1, -0.05) is 0 Å². The number of hydrogen-bond acceptors (Lipinski definition) is 6. The van der Waals surface area contributed by atoms with Crippen LogP contribution < -0.4 is 5.32 Å². The number of H-pyrrole nitrogens is 1. The minimum Gasteiger partial charge on any atom is -0.390 e. The molecular formula is C18H27N5O2S. The number of aliphatic hydroxyl groups is 1. The van der Waals surface area contributed by atoms with Gasteiger partial charge in [-0.15, -0.1) is 11.3 Å². The van der Waals surface area contributed by atoms with Gasteiger partial charge in [-0.2, -0.15) is 5.10 Å². The lowest BCUT2D eigenvalue weighted by atomic mass is 10.0. The Bertz CT molecular complexity index is 757. The fourth-order valence-electron chi connectivity index (χ4n) is 3.31. The molecule has 1 aliphatic heterocycles. The number of aryl methyl sites for hydroxylation is 3. The Morgan fingerprint density at radius 2 is 2.27 bits per heavy atom. The maximum atomic E-state index is 12.2. The lowest BCUT2D eigenvalue weighted by molar-refractivity contribution is -0.123. The molecule has 26 heavy (non-hydrogen) atoms. The lowest BCUT2D eigenvalue weighted by Crippen LogP contribution is -2.53. The summed E-state index contributed by atoms with van der Waals surface area (Å²) in [6.07, 6.45) is 1.19. The first-order valence-corrected chi connectivity index (χ1v) is 9.91. The van der Waals surface area contributed by atoms with E-state index in [0.29, 0.717) is 19.4 Å². The third-order valence-electron chi connectivity index (χ3n) is 5.01. The highest BCUT2D eigenvalue weighted by Gasteiger charge is 2.29. The van der Waals surface area contributed by atoms with Gasteiger partial charge in [-0.3, -0.25) is 14.8 Å². The number of aromatic nitrogens is 3. The highest BCUT2D eigenvalue weighted by Crippen LogP contribution is 2.17. The van der Waals surface area contributed by atoms with Gasteiger partial charge in [0.15, 0.2) is 0 Å². The third kappa shape index (κ3) is 4.69. The number of thiazole rings is 1. The van der Waals surface area contributed by atoms with Crippen molar-refractivity contribution >= 4 is 17.2 Å². The SMILES string of the molecule is Cc1nc(CN2CC[C@@H](NC(=O)CCc3n[nH]c(C)c3C)[C@H](O)C2)cs1. The largest absolute Gasteiger partial charge is 0.390 e. The van der Waals surface area contributed by atoms with Gasteiger partial charge in [-0.05, 0) is 32.8 Å². The minimum absolute atomic E-state index is 0.0299. The molecule has 1 fully saturated rings. The van der Waals surface area contributed by atoms with Crippen LogP contribution in [0.25, 0.3) is 0 Å². The molecule has 1 saturated heterocycles. The van der Waals surface area contributed by atoms with E-state index in [9.17, 15) is 9.90 Å². The van der Waals surface area contributed by atoms with Crippen LogP contribution in [0.1, 0.15) is 40.5 Å². The Morgan fingerprint density at radius 1 is 1.46 bits per heavy atom. The van der Waals surface area contributed by atoms with E-state index < -0.39 is 6.10 Å². The summed E-state index contributed by atoms with van der Waals surface area (Å²) in [4.78, 5) is 18.9. The van der Waals surface area contributed by atoms with Gasteiger partial charge < -0.3 is 10.4 Å². The maximum absolute atomic E-state index is 12.2. The van der Waals surface area contributed by atoms with E-state index in [0.717, 1.165) is 47.2 Å².